The van der Waals surface area contributed by atoms with Crippen molar-refractivity contribution in [2.75, 3.05) is 13.7 Å². The Hall–Kier alpha value is -3.33. The number of para-hydroxylation sites is 1. The standard InChI is InChI=1S/C23H24F3N3O3/c1-3-27-22(30)19-15-32-21(28-19)14-29(13-17-8-4-5-10-20(17)31-2)12-16-7-6-9-18(11-16)23(24,25)26/h4-11,15H,3,12-14H2,1-2H3,(H,27,30). The molecule has 0 unspecified atom stereocenters. The van der Waals surface area contributed by atoms with Crippen LogP contribution in [0, 0.1) is 0 Å². The second-order valence-electron chi connectivity index (χ2n) is 7.14. The van der Waals surface area contributed by atoms with Crippen LogP contribution in [0.5, 0.6) is 5.75 Å². The lowest BCUT2D eigenvalue weighted by molar-refractivity contribution is -0.137. The maximum atomic E-state index is 13.1. The van der Waals surface area contributed by atoms with Gasteiger partial charge in [-0.05, 0) is 24.6 Å². The topological polar surface area (TPSA) is 67.6 Å². The zero-order chi connectivity index (χ0) is 23.1. The Balaban J connectivity index is 1.85. The summed E-state index contributed by atoms with van der Waals surface area (Å²) in [6, 6.07) is 12.6. The van der Waals surface area contributed by atoms with Crippen molar-refractivity contribution >= 4 is 5.91 Å². The van der Waals surface area contributed by atoms with Crippen LogP contribution in [0.25, 0.3) is 0 Å². The van der Waals surface area contributed by atoms with Crippen LogP contribution in [-0.2, 0) is 25.8 Å². The Morgan fingerprint density at radius 1 is 1.12 bits per heavy atom. The number of halogens is 3. The molecule has 0 aliphatic rings. The van der Waals surface area contributed by atoms with Gasteiger partial charge in [0.2, 0.25) is 5.89 Å². The quantitative estimate of drug-likeness (QED) is 0.517. The average molecular weight is 447 g/mol. The molecule has 0 spiro atoms. The van der Waals surface area contributed by atoms with Crippen molar-refractivity contribution in [3.8, 4) is 5.75 Å². The number of methoxy groups -OCH3 is 1. The monoisotopic (exact) mass is 447 g/mol. The second kappa shape index (κ2) is 10.3. The third-order valence-electron chi connectivity index (χ3n) is 4.73. The molecule has 0 aliphatic heterocycles. The van der Waals surface area contributed by atoms with Crippen LogP contribution in [0.2, 0.25) is 0 Å². The first kappa shape index (κ1) is 23.3. The molecule has 0 atom stereocenters. The van der Waals surface area contributed by atoms with Crippen molar-refractivity contribution in [1.82, 2.24) is 15.2 Å². The summed E-state index contributed by atoms with van der Waals surface area (Å²) >= 11 is 0. The SMILES string of the molecule is CCNC(=O)c1coc(CN(Cc2cccc(C(F)(F)F)c2)Cc2ccccc2OC)n1. The number of hydrogen-bond donors (Lipinski definition) is 1. The van der Waals surface area contributed by atoms with Gasteiger partial charge in [0.25, 0.3) is 5.91 Å². The minimum Gasteiger partial charge on any atom is -0.496 e. The molecule has 2 aromatic carbocycles. The summed E-state index contributed by atoms with van der Waals surface area (Å²) in [6.07, 6.45) is -3.15. The van der Waals surface area contributed by atoms with Crippen LogP contribution in [0.3, 0.4) is 0 Å². The number of ether oxygens (including phenoxy) is 1. The molecule has 1 heterocycles. The summed E-state index contributed by atoms with van der Waals surface area (Å²) in [5.74, 6) is 0.599. The van der Waals surface area contributed by atoms with E-state index in [-0.39, 0.29) is 30.6 Å². The fraction of sp³-hybridized carbons (Fsp3) is 0.304. The molecular weight excluding hydrogens is 423 g/mol. The lowest BCUT2D eigenvalue weighted by atomic mass is 10.1. The first-order valence-corrected chi connectivity index (χ1v) is 10.0. The Morgan fingerprint density at radius 3 is 2.62 bits per heavy atom. The number of carbonyl (C=O) groups is 1. The minimum atomic E-state index is -4.42. The molecule has 170 valence electrons. The van der Waals surface area contributed by atoms with E-state index >= 15 is 0 Å². The third kappa shape index (κ3) is 6.10. The van der Waals surface area contributed by atoms with E-state index in [4.69, 9.17) is 9.15 Å². The van der Waals surface area contributed by atoms with Gasteiger partial charge in [0.15, 0.2) is 5.69 Å². The maximum absolute atomic E-state index is 13.1. The summed E-state index contributed by atoms with van der Waals surface area (Å²) < 4.78 is 50.3. The lowest BCUT2D eigenvalue weighted by Gasteiger charge is -2.22. The van der Waals surface area contributed by atoms with Gasteiger partial charge < -0.3 is 14.5 Å². The Morgan fingerprint density at radius 2 is 1.91 bits per heavy atom. The molecule has 1 amide bonds. The highest BCUT2D eigenvalue weighted by molar-refractivity contribution is 5.91. The number of carbonyl (C=O) groups excluding carboxylic acids is 1. The number of amides is 1. The molecule has 3 rings (SSSR count). The molecule has 0 bridgehead atoms. The number of aromatic nitrogens is 1. The predicted octanol–water partition coefficient (Wildman–Crippen LogP) is 4.65. The molecular formula is C23H24F3N3O3. The largest absolute Gasteiger partial charge is 0.496 e. The normalized spacial score (nSPS) is 11.6. The van der Waals surface area contributed by atoms with Gasteiger partial charge in [0, 0.05) is 25.2 Å². The van der Waals surface area contributed by atoms with Gasteiger partial charge >= 0.3 is 6.18 Å². The molecule has 9 heteroatoms. The summed E-state index contributed by atoms with van der Waals surface area (Å²) in [7, 11) is 1.56. The van der Waals surface area contributed by atoms with E-state index in [0.717, 1.165) is 17.7 Å². The van der Waals surface area contributed by atoms with Crippen LogP contribution in [0.1, 0.15) is 40.0 Å². The molecule has 0 aliphatic carbocycles. The molecule has 0 fully saturated rings. The molecule has 1 N–H and O–H groups in total. The predicted molar refractivity (Wildman–Crippen MR) is 112 cm³/mol. The number of nitrogens with zero attached hydrogens (tertiary/aromatic N) is 2. The van der Waals surface area contributed by atoms with E-state index in [1.807, 2.05) is 29.2 Å². The summed E-state index contributed by atoms with van der Waals surface area (Å²) in [4.78, 5) is 18.1. The lowest BCUT2D eigenvalue weighted by Crippen LogP contribution is -2.24. The summed E-state index contributed by atoms with van der Waals surface area (Å²) in [6.45, 7) is 3.02. The average Bonchev–Trinajstić information content (AvgIpc) is 3.22. The smallest absolute Gasteiger partial charge is 0.416 e. The molecule has 0 saturated heterocycles. The fourth-order valence-electron chi connectivity index (χ4n) is 3.28. The van der Waals surface area contributed by atoms with E-state index in [0.29, 0.717) is 24.4 Å². The van der Waals surface area contributed by atoms with Gasteiger partial charge in [0.05, 0.1) is 19.2 Å². The number of oxazole rings is 1. The van der Waals surface area contributed by atoms with E-state index in [9.17, 15) is 18.0 Å². The van der Waals surface area contributed by atoms with Crippen molar-refractivity contribution in [1.29, 1.82) is 0 Å². The van der Waals surface area contributed by atoms with E-state index < -0.39 is 11.7 Å². The van der Waals surface area contributed by atoms with Gasteiger partial charge in [-0.15, -0.1) is 0 Å². The summed E-state index contributed by atoms with van der Waals surface area (Å²) in [5.41, 5.74) is 0.794. The zero-order valence-electron chi connectivity index (χ0n) is 17.8. The first-order chi connectivity index (χ1) is 15.3. The van der Waals surface area contributed by atoms with E-state index in [2.05, 4.69) is 10.3 Å². The Labute approximate surface area is 184 Å². The molecule has 6 nitrogen and oxygen atoms in total. The van der Waals surface area contributed by atoms with E-state index in [1.54, 1.807) is 20.1 Å². The van der Waals surface area contributed by atoms with Crippen molar-refractivity contribution < 1.29 is 27.1 Å². The van der Waals surface area contributed by atoms with Gasteiger partial charge in [-0.3, -0.25) is 9.69 Å². The Bertz CT molecular complexity index is 1050. The highest BCUT2D eigenvalue weighted by Crippen LogP contribution is 2.30. The van der Waals surface area contributed by atoms with Crippen LogP contribution in [0.15, 0.2) is 59.2 Å². The van der Waals surface area contributed by atoms with Crippen LogP contribution in [-0.4, -0.2) is 29.4 Å². The van der Waals surface area contributed by atoms with Gasteiger partial charge in [-0.2, -0.15) is 13.2 Å². The second-order valence-corrected chi connectivity index (χ2v) is 7.14. The molecule has 0 saturated carbocycles. The Kier molecular flexibility index (Phi) is 7.53. The van der Waals surface area contributed by atoms with Crippen molar-refractivity contribution in [2.45, 2.75) is 32.7 Å². The van der Waals surface area contributed by atoms with Crippen molar-refractivity contribution in [3.63, 3.8) is 0 Å². The maximum Gasteiger partial charge on any atom is 0.416 e. The fourth-order valence-corrected chi connectivity index (χ4v) is 3.28. The molecule has 0 radical (unpaired) electrons. The first-order valence-electron chi connectivity index (χ1n) is 10.0. The highest BCUT2D eigenvalue weighted by Gasteiger charge is 2.30. The number of nitrogens with one attached hydrogen (secondary N) is 1. The van der Waals surface area contributed by atoms with E-state index in [1.165, 1.54) is 12.3 Å². The number of alkyl halides is 3. The zero-order valence-corrected chi connectivity index (χ0v) is 17.8. The van der Waals surface area contributed by atoms with Crippen LogP contribution in [0.4, 0.5) is 13.2 Å². The minimum absolute atomic E-state index is 0.151. The van der Waals surface area contributed by atoms with Gasteiger partial charge in [-0.1, -0.05) is 36.4 Å². The molecule has 32 heavy (non-hydrogen) atoms. The van der Waals surface area contributed by atoms with Crippen LogP contribution >= 0.6 is 0 Å². The summed E-state index contributed by atoms with van der Waals surface area (Å²) in [5, 5.41) is 2.65. The van der Waals surface area contributed by atoms with Crippen LogP contribution < -0.4 is 10.1 Å². The van der Waals surface area contributed by atoms with Gasteiger partial charge in [0.1, 0.15) is 12.0 Å². The third-order valence-corrected chi connectivity index (χ3v) is 4.73. The van der Waals surface area contributed by atoms with Crippen molar-refractivity contribution in [2.24, 2.45) is 0 Å². The number of benzene rings is 2. The number of rotatable bonds is 9. The van der Waals surface area contributed by atoms with Crippen molar-refractivity contribution in [3.05, 3.63) is 83.1 Å². The number of hydrogen-bond acceptors (Lipinski definition) is 5. The van der Waals surface area contributed by atoms with Gasteiger partial charge in [-0.25, -0.2) is 4.98 Å². The molecule has 1 aromatic heterocycles. The molecule has 3 aromatic rings. The highest BCUT2D eigenvalue weighted by atomic mass is 19.4.